The van der Waals surface area contributed by atoms with Crippen LogP contribution in [-0.2, 0) is 0 Å². The summed E-state index contributed by atoms with van der Waals surface area (Å²) in [6.45, 7) is 1.96. The first-order valence-corrected chi connectivity index (χ1v) is 6.87. The minimum absolute atomic E-state index is 0.311. The summed E-state index contributed by atoms with van der Waals surface area (Å²) in [6, 6.07) is 10.1. The Kier molecular flexibility index (Phi) is 3.47. The highest BCUT2D eigenvalue weighted by Gasteiger charge is 2.10. The summed E-state index contributed by atoms with van der Waals surface area (Å²) in [5, 5.41) is 4.28. The number of fused-ring (bicyclic) bond motifs is 1. The second kappa shape index (κ2) is 5.30. The van der Waals surface area contributed by atoms with Gasteiger partial charge in [0, 0.05) is 23.0 Å². The van der Waals surface area contributed by atoms with Gasteiger partial charge in [-0.05, 0) is 48.9 Å². The molecule has 3 aromatic rings. The Hall–Kier alpha value is -2.20. The number of hydrogen-bond acceptors (Lipinski definition) is 3. The smallest absolute Gasteiger partial charge is 0.162 e. The summed E-state index contributed by atoms with van der Waals surface area (Å²) in [5.41, 5.74) is 2.55. The van der Waals surface area contributed by atoms with E-state index in [9.17, 15) is 4.39 Å². The van der Waals surface area contributed by atoms with E-state index in [1.807, 2.05) is 25.1 Å². The minimum atomic E-state index is -0.311. The fourth-order valence-electron chi connectivity index (χ4n) is 2.29. The van der Waals surface area contributed by atoms with E-state index in [4.69, 9.17) is 11.6 Å². The molecule has 0 radical (unpaired) electrons. The lowest BCUT2D eigenvalue weighted by Crippen LogP contribution is -1.99. The molecule has 21 heavy (non-hydrogen) atoms. The van der Waals surface area contributed by atoms with E-state index < -0.39 is 0 Å². The molecule has 0 amide bonds. The molecule has 0 spiro atoms. The third-order valence-corrected chi connectivity index (χ3v) is 3.41. The van der Waals surface area contributed by atoms with E-state index in [0.717, 1.165) is 11.1 Å². The number of benzene rings is 2. The Balaban J connectivity index is 2.26. The molecule has 0 atom stereocenters. The topological polar surface area (TPSA) is 37.8 Å². The van der Waals surface area contributed by atoms with Crippen LogP contribution in [0, 0.1) is 12.7 Å². The van der Waals surface area contributed by atoms with Crippen molar-refractivity contribution in [3.05, 3.63) is 52.8 Å². The fourth-order valence-corrected chi connectivity index (χ4v) is 2.58. The van der Waals surface area contributed by atoms with Crippen molar-refractivity contribution in [1.82, 2.24) is 9.97 Å². The monoisotopic (exact) mass is 301 g/mol. The lowest BCUT2D eigenvalue weighted by molar-refractivity contribution is 0.629. The van der Waals surface area contributed by atoms with E-state index in [0.29, 0.717) is 27.6 Å². The Morgan fingerprint density at radius 1 is 1.10 bits per heavy atom. The highest BCUT2D eigenvalue weighted by molar-refractivity contribution is 6.30. The zero-order chi connectivity index (χ0) is 15.0. The van der Waals surface area contributed by atoms with Crippen LogP contribution in [-0.4, -0.2) is 17.0 Å². The first-order chi connectivity index (χ1) is 10.1. The van der Waals surface area contributed by atoms with E-state index >= 15 is 0 Å². The van der Waals surface area contributed by atoms with Crippen molar-refractivity contribution in [1.29, 1.82) is 0 Å². The highest BCUT2D eigenvalue weighted by atomic mass is 35.5. The Labute approximate surface area is 126 Å². The van der Waals surface area contributed by atoms with Gasteiger partial charge in [0.05, 0.1) is 5.52 Å². The first kappa shape index (κ1) is 13.8. The number of anilines is 1. The molecule has 0 saturated heterocycles. The van der Waals surface area contributed by atoms with E-state index in [2.05, 4.69) is 15.3 Å². The van der Waals surface area contributed by atoms with Gasteiger partial charge in [-0.3, -0.25) is 0 Å². The fraction of sp³-hybridized carbons (Fsp3) is 0.125. The maximum atomic E-state index is 13.4. The zero-order valence-corrected chi connectivity index (χ0v) is 12.4. The van der Waals surface area contributed by atoms with E-state index in [1.165, 1.54) is 12.1 Å². The van der Waals surface area contributed by atoms with Crippen LogP contribution in [0.15, 0.2) is 36.4 Å². The molecule has 2 aromatic carbocycles. The highest BCUT2D eigenvalue weighted by Crippen LogP contribution is 2.27. The second-order valence-corrected chi connectivity index (χ2v) is 5.26. The number of halogens is 2. The van der Waals surface area contributed by atoms with Crippen LogP contribution in [0.4, 0.5) is 10.2 Å². The molecule has 3 rings (SSSR count). The summed E-state index contributed by atoms with van der Waals surface area (Å²) in [7, 11) is 1.75. The lowest BCUT2D eigenvalue weighted by Gasteiger charge is -2.09. The molecule has 1 N–H and O–H groups in total. The molecule has 0 aliphatic heterocycles. The second-order valence-electron chi connectivity index (χ2n) is 4.82. The third kappa shape index (κ3) is 2.67. The summed E-state index contributed by atoms with van der Waals surface area (Å²) < 4.78 is 13.4. The van der Waals surface area contributed by atoms with Gasteiger partial charge in [-0.1, -0.05) is 11.6 Å². The van der Waals surface area contributed by atoms with Crippen LogP contribution in [0.5, 0.6) is 0 Å². The Morgan fingerprint density at radius 3 is 2.62 bits per heavy atom. The van der Waals surface area contributed by atoms with Crippen LogP contribution in [0.1, 0.15) is 5.56 Å². The Morgan fingerprint density at radius 2 is 1.90 bits per heavy atom. The van der Waals surface area contributed by atoms with Crippen molar-refractivity contribution >= 4 is 28.3 Å². The van der Waals surface area contributed by atoms with Gasteiger partial charge in [-0.15, -0.1) is 0 Å². The number of hydrogen-bond donors (Lipinski definition) is 1. The van der Waals surface area contributed by atoms with Gasteiger partial charge >= 0.3 is 0 Å². The van der Waals surface area contributed by atoms with Crippen LogP contribution in [0.25, 0.3) is 22.3 Å². The maximum Gasteiger partial charge on any atom is 0.162 e. The molecule has 0 saturated carbocycles. The molecule has 0 aliphatic carbocycles. The number of aromatic nitrogens is 2. The molecule has 1 aromatic heterocycles. The standard InChI is InChI=1S/C16H13ClFN3/c1-9-5-10(7-11(17)6-9)15-20-14-4-3-12(18)8-13(14)16(19-2)21-15/h3-8H,1-2H3,(H,19,20,21). The third-order valence-electron chi connectivity index (χ3n) is 3.19. The van der Waals surface area contributed by atoms with Gasteiger partial charge in [-0.2, -0.15) is 0 Å². The normalized spacial score (nSPS) is 10.9. The predicted octanol–water partition coefficient (Wildman–Crippen LogP) is 4.44. The number of rotatable bonds is 2. The molecule has 5 heteroatoms. The molecule has 0 fully saturated rings. The van der Waals surface area contributed by atoms with Gasteiger partial charge in [0.15, 0.2) is 5.82 Å². The average molecular weight is 302 g/mol. The van der Waals surface area contributed by atoms with Gasteiger partial charge < -0.3 is 5.32 Å². The van der Waals surface area contributed by atoms with Crippen molar-refractivity contribution in [3.63, 3.8) is 0 Å². The van der Waals surface area contributed by atoms with Crippen molar-refractivity contribution in [2.45, 2.75) is 6.92 Å². The van der Waals surface area contributed by atoms with Gasteiger partial charge in [-0.25, -0.2) is 14.4 Å². The van der Waals surface area contributed by atoms with Gasteiger partial charge in [0.25, 0.3) is 0 Å². The van der Waals surface area contributed by atoms with Crippen LogP contribution in [0.3, 0.4) is 0 Å². The molecule has 1 heterocycles. The summed E-state index contributed by atoms with van der Waals surface area (Å²) in [5.74, 6) is 0.838. The lowest BCUT2D eigenvalue weighted by atomic mass is 10.1. The van der Waals surface area contributed by atoms with Crippen LogP contribution < -0.4 is 5.32 Å². The quantitative estimate of drug-likeness (QED) is 0.760. The van der Waals surface area contributed by atoms with E-state index in [-0.39, 0.29) is 5.82 Å². The van der Waals surface area contributed by atoms with Crippen molar-refractivity contribution in [3.8, 4) is 11.4 Å². The van der Waals surface area contributed by atoms with Gasteiger partial charge in [0.2, 0.25) is 0 Å². The largest absolute Gasteiger partial charge is 0.373 e. The molecule has 0 unspecified atom stereocenters. The predicted molar refractivity (Wildman–Crippen MR) is 84.2 cm³/mol. The van der Waals surface area contributed by atoms with Gasteiger partial charge in [0.1, 0.15) is 11.6 Å². The summed E-state index contributed by atoms with van der Waals surface area (Å²) in [6.07, 6.45) is 0. The number of nitrogens with one attached hydrogen (secondary N) is 1. The van der Waals surface area contributed by atoms with Crippen LogP contribution in [0.2, 0.25) is 5.02 Å². The average Bonchev–Trinajstić information content (AvgIpc) is 2.45. The molecule has 0 aliphatic rings. The number of aryl methyl sites for hydroxylation is 1. The Bertz CT molecular complexity index is 813. The van der Waals surface area contributed by atoms with Crippen LogP contribution >= 0.6 is 11.6 Å². The maximum absolute atomic E-state index is 13.4. The summed E-state index contributed by atoms with van der Waals surface area (Å²) >= 11 is 6.09. The molecular formula is C16H13ClFN3. The molecule has 106 valence electrons. The molecular weight excluding hydrogens is 289 g/mol. The van der Waals surface area contributed by atoms with Crippen molar-refractivity contribution in [2.24, 2.45) is 0 Å². The molecule has 0 bridgehead atoms. The van der Waals surface area contributed by atoms with E-state index in [1.54, 1.807) is 13.1 Å². The first-order valence-electron chi connectivity index (χ1n) is 6.49. The van der Waals surface area contributed by atoms with Crippen molar-refractivity contribution < 1.29 is 4.39 Å². The molecule has 3 nitrogen and oxygen atoms in total. The van der Waals surface area contributed by atoms with Crippen molar-refractivity contribution in [2.75, 3.05) is 12.4 Å². The summed E-state index contributed by atoms with van der Waals surface area (Å²) in [4.78, 5) is 8.97. The minimum Gasteiger partial charge on any atom is -0.373 e. The zero-order valence-electron chi connectivity index (χ0n) is 11.6. The SMILES string of the molecule is CNc1nc(-c2cc(C)cc(Cl)c2)nc2ccc(F)cc12. The number of nitrogens with zero attached hydrogens (tertiary/aromatic N) is 2.